The van der Waals surface area contributed by atoms with Crippen LogP contribution in [0.25, 0.3) is 10.9 Å². The fourth-order valence-corrected chi connectivity index (χ4v) is 4.86. The zero-order valence-corrected chi connectivity index (χ0v) is 28.2. The van der Waals surface area contributed by atoms with Crippen LogP contribution in [0.4, 0.5) is 0 Å². The summed E-state index contributed by atoms with van der Waals surface area (Å²) in [7, 11) is 0. The number of aromatic nitrogens is 1. The number of carbonyl (C=O) groups excluding carboxylic acids is 8. The van der Waals surface area contributed by atoms with E-state index < -0.39 is 122 Å². The van der Waals surface area contributed by atoms with Gasteiger partial charge in [0.25, 0.3) is 0 Å². The minimum Gasteiger partial charge on any atom is -0.481 e. The molecule has 0 spiro atoms. The van der Waals surface area contributed by atoms with E-state index in [1.807, 2.05) is 0 Å². The molecule has 0 saturated carbocycles. The van der Waals surface area contributed by atoms with E-state index in [4.69, 9.17) is 28.0 Å². The van der Waals surface area contributed by atoms with Crippen molar-refractivity contribution in [3.8, 4) is 0 Å². The molecule has 16 N–H and O–H groups in total. The second-order valence-electron chi connectivity index (χ2n) is 11.8. The number of hydrogen-bond donors (Lipinski definition) is 12. The Balaban J connectivity index is 2.30. The van der Waals surface area contributed by atoms with E-state index in [9.17, 15) is 53.1 Å². The number of fused-ring (bicyclic) bond motifs is 1. The number of nitrogens with one attached hydrogen (secondary N) is 6. The average Bonchev–Trinajstić information content (AvgIpc) is 3.48. The van der Waals surface area contributed by atoms with E-state index in [2.05, 4.69) is 31.6 Å². The summed E-state index contributed by atoms with van der Waals surface area (Å²) in [5, 5.41) is 30.3. The van der Waals surface area contributed by atoms with Gasteiger partial charge in [-0.1, -0.05) is 18.2 Å². The Bertz CT molecular complexity index is 1730. The largest absolute Gasteiger partial charge is 0.481 e. The van der Waals surface area contributed by atoms with Gasteiger partial charge in [-0.15, -0.1) is 0 Å². The maximum Gasteiger partial charge on any atom is 0.326 e. The maximum absolute atomic E-state index is 13.6. The molecule has 22 heteroatoms. The van der Waals surface area contributed by atoms with Crippen LogP contribution in [0.3, 0.4) is 0 Å². The normalized spacial score (nSPS) is 13.6. The molecule has 0 aliphatic carbocycles. The highest BCUT2D eigenvalue weighted by molar-refractivity contribution is 5.98. The number of carboxylic acid groups (broad SMARTS) is 2. The number of H-pyrrole nitrogens is 1. The number of benzene rings is 1. The molecule has 0 radical (unpaired) electrons. The van der Waals surface area contributed by atoms with Crippen molar-refractivity contribution in [2.75, 3.05) is 6.54 Å². The van der Waals surface area contributed by atoms with Crippen molar-refractivity contribution in [1.82, 2.24) is 31.6 Å². The van der Waals surface area contributed by atoms with Gasteiger partial charge in [-0.3, -0.25) is 43.2 Å². The third-order valence-electron chi connectivity index (χ3n) is 7.56. The minimum absolute atomic E-state index is 0.109. The van der Waals surface area contributed by atoms with E-state index in [1.54, 1.807) is 24.3 Å². The van der Waals surface area contributed by atoms with Crippen LogP contribution in [0.2, 0.25) is 0 Å². The quantitative estimate of drug-likeness (QED) is 0.0508. The van der Waals surface area contributed by atoms with Crippen molar-refractivity contribution >= 4 is 70.1 Å². The number of amides is 8. The molecule has 1 aromatic heterocycles. The van der Waals surface area contributed by atoms with E-state index in [0.717, 1.165) is 0 Å². The predicted molar refractivity (Wildman–Crippen MR) is 181 cm³/mol. The third kappa shape index (κ3) is 14.7. The van der Waals surface area contributed by atoms with Crippen molar-refractivity contribution in [2.45, 2.75) is 75.2 Å². The van der Waals surface area contributed by atoms with Gasteiger partial charge in [0, 0.05) is 36.4 Å². The van der Waals surface area contributed by atoms with Crippen molar-refractivity contribution in [2.24, 2.45) is 22.9 Å². The summed E-state index contributed by atoms with van der Waals surface area (Å²) < 4.78 is 0. The van der Waals surface area contributed by atoms with Gasteiger partial charge in [-0.05, 0) is 24.5 Å². The van der Waals surface area contributed by atoms with E-state index in [1.165, 1.54) is 6.20 Å². The van der Waals surface area contributed by atoms with Crippen LogP contribution in [0.5, 0.6) is 0 Å². The molecule has 288 valence electrons. The second kappa shape index (κ2) is 20.3. The first-order chi connectivity index (χ1) is 24.9. The van der Waals surface area contributed by atoms with Gasteiger partial charge >= 0.3 is 11.9 Å². The molecule has 22 nitrogen and oxygen atoms in total. The number of nitrogens with two attached hydrogens (primary N) is 4. The van der Waals surface area contributed by atoms with Crippen LogP contribution in [0.15, 0.2) is 30.5 Å². The van der Waals surface area contributed by atoms with Gasteiger partial charge in [-0.2, -0.15) is 0 Å². The third-order valence-corrected chi connectivity index (χ3v) is 7.56. The van der Waals surface area contributed by atoms with Crippen molar-refractivity contribution < 1.29 is 58.2 Å². The van der Waals surface area contributed by atoms with Gasteiger partial charge in [0.05, 0.1) is 25.4 Å². The fraction of sp³-hybridized carbons (Fsp3) is 0.419. The monoisotopic (exact) mass is 746 g/mol. The lowest BCUT2D eigenvalue weighted by Crippen LogP contribution is -2.59. The molecule has 8 amide bonds. The number of carboxylic acids is 2. The highest BCUT2D eigenvalue weighted by Gasteiger charge is 2.33. The predicted octanol–water partition coefficient (Wildman–Crippen LogP) is -4.94. The topological polar surface area (TPSA) is 391 Å². The SMILES string of the molecule is NC(=O)CCC(N)C(=O)NCC(=O)NC(CCC(N)=O)C(=O)NC(CC(N)=O)C(=O)NC(Cc1c[nH]c2ccccc12)C(=O)NC(CC(=O)O)C(=O)O. The van der Waals surface area contributed by atoms with Crippen LogP contribution in [0.1, 0.15) is 44.1 Å². The molecular weight excluding hydrogens is 704 g/mol. The van der Waals surface area contributed by atoms with Gasteiger partial charge in [0.2, 0.25) is 47.3 Å². The molecule has 5 atom stereocenters. The van der Waals surface area contributed by atoms with Crippen LogP contribution >= 0.6 is 0 Å². The molecule has 0 fully saturated rings. The summed E-state index contributed by atoms with van der Waals surface area (Å²) in [5.74, 6) is -11.1. The van der Waals surface area contributed by atoms with Crippen molar-refractivity contribution in [1.29, 1.82) is 0 Å². The Morgan fingerprint density at radius 3 is 1.83 bits per heavy atom. The number of aliphatic carboxylic acids is 2. The van der Waals surface area contributed by atoms with Gasteiger partial charge in [0.1, 0.15) is 24.2 Å². The molecule has 5 unspecified atom stereocenters. The van der Waals surface area contributed by atoms with Crippen molar-refractivity contribution in [3.05, 3.63) is 36.0 Å². The number of rotatable bonds is 23. The van der Waals surface area contributed by atoms with Crippen molar-refractivity contribution in [3.63, 3.8) is 0 Å². The summed E-state index contributed by atoms with van der Waals surface area (Å²) in [6.45, 7) is -0.710. The Kier molecular flexibility index (Phi) is 16.3. The number of para-hydroxylation sites is 1. The zero-order chi connectivity index (χ0) is 39.8. The number of hydrogen-bond acceptors (Lipinski definition) is 11. The highest BCUT2D eigenvalue weighted by atomic mass is 16.4. The first kappa shape index (κ1) is 42.6. The standard InChI is InChI=1S/C31H42N10O12/c32-16(5-7-22(33)42)27(48)37-13-25(45)38-18(6-8-23(34)43)28(49)40-20(10-24(35)44)30(51)39-19(29(50)41-21(31(52)53)11-26(46)47)9-14-12-36-17-4-2-1-3-15(14)17/h1-4,12,16,18-21,36H,5-11,13,32H2,(H2,33,42)(H2,34,43)(H2,35,44)(H,37,48)(H,38,45)(H,39,51)(H,40,49)(H,41,50)(H,46,47)(H,52,53). The van der Waals surface area contributed by atoms with E-state index >= 15 is 0 Å². The van der Waals surface area contributed by atoms with Gasteiger partial charge < -0.3 is 64.7 Å². The summed E-state index contributed by atoms with van der Waals surface area (Å²) >= 11 is 0. The van der Waals surface area contributed by atoms with Crippen LogP contribution in [-0.4, -0.2) is 111 Å². The maximum atomic E-state index is 13.6. The molecule has 0 aliphatic rings. The lowest BCUT2D eigenvalue weighted by atomic mass is 10.0. The smallest absolute Gasteiger partial charge is 0.326 e. The fourth-order valence-electron chi connectivity index (χ4n) is 4.86. The Labute approximate surface area is 300 Å². The average molecular weight is 747 g/mol. The zero-order valence-electron chi connectivity index (χ0n) is 28.2. The molecular formula is C31H42N10O12. The summed E-state index contributed by atoms with van der Waals surface area (Å²) in [6, 6.07) is -1.21. The van der Waals surface area contributed by atoms with E-state index in [-0.39, 0.29) is 19.3 Å². The molecule has 0 aliphatic heterocycles. The summed E-state index contributed by atoms with van der Waals surface area (Å²) in [6.07, 6.45) is -1.76. The Morgan fingerprint density at radius 1 is 0.660 bits per heavy atom. The molecule has 1 aromatic carbocycles. The first-order valence-electron chi connectivity index (χ1n) is 16.0. The van der Waals surface area contributed by atoms with E-state index in [0.29, 0.717) is 16.5 Å². The number of primary amides is 3. The van der Waals surface area contributed by atoms with Gasteiger partial charge in [0.15, 0.2) is 0 Å². The molecule has 1 heterocycles. The van der Waals surface area contributed by atoms with Crippen LogP contribution < -0.4 is 49.5 Å². The minimum atomic E-state index is -1.89. The Morgan fingerprint density at radius 2 is 1.23 bits per heavy atom. The summed E-state index contributed by atoms with van der Waals surface area (Å²) in [5.41, 5.74) is 22.3. The first-order valence-corrected chi connectivity index (χ1v) is 16.0. The Hall–Kier alpha value is -6.58. The molecule has 53 heavy (non-hydrogen) atoms. The number of carbonyl (C=O) groups is 10. The summed E-state index contributed by atoms with van der Waals surface area (Å²) in [4.78, 5) is 125. The second-order valence-corrected chi connectivity index (χ2v) is 11.8. The lowest BCUT2D eigenvalue weighted by molar-refractivity contribution is -0.147. The van der Waals surface area contributed by atoms with Crippen LogP contribution in [0, 0.1) is 0 Å². The highest BCUT2D eigenvalue weighted by Crippen LogP contribution is 2.19. The molecule has 0 bridgehead atoms. The molecule has 2 rings (SSSR count). The number of aromatic amines is 1. The van der Waals surface area contributed by atoms with Crippen LogP contribution in [-0.2, 0) is 54.4 Å². The van der Waals surface area contributed by atoms with Gasteiger partial charge in [-0.25, -0.2) is 4.79 Å². The lowest BCUT2D eigenvalue weighted by Gasteiger charge is -2.25. The molecule has 2 aromatic rings. The molecule has 0 saturated heterocycles.